The zero-order valence-corrected chi connectivity index (χ0v) is 17.3. The molecule has 3 saturated heterocycles. The van der Waals surface area contributed by atoms with E-state index in [9.17, 15) is 13.6 Å². The van der Waals surface area contributed by atoms with Crippen molar-refractivity contribution in [3.63, 3.8) is 0 Å². The van der Waals surface area contributed by atoms with Crippen LogP contribution in [0.15, 0.2) is 30.5 Å². The Balaban J connectivity index is 1.34. The number of aryl methyl sites for hydroxylation is 1. The van der Waals surface area contributed by atoms with Gasteiger partial charge in [0.1, 0.15) is 23.7 Å². The quantitative estimate of drug-likeness (QED) is 0.691. The summed E-state index contributed by atoms with van der Waals surface area (Å²) in [5.41, 5.74) is 1.35. The van der Waals surface area contributed by atoms with E-state index in [0.717, 1.165) is 23.0 Å². The monoisotopic (exact) mass is 423 g/mol. The molecule has 1 aromatic carbocycles. The summed E-state index contributed by atoms with van der Waals surface area (Å²) in [5, 5.41) is 0. The Morgan fingerprint density at radius 1 is 1.16 bits per heavy atom. The average Bonchev–Trinajstić information content (AvgIpc) is 3.26. The molecule has 160 valence electrons. The summed E-state index contributed by atoms with van der Waals surface area (Å²) in [6, 6.07) is 5.04. The van der Waals surface area contributed by atoms with Crippen LogP contribution in [0.1, 0.15) is 48.4 Å². The Labute approximate surface area is 180 Å². The highest BCUT2D eigenvalue weighted by molar-refractivity contribution is 5.88. The molecule has 2 atom stereocenters. The first-order valence-electron chi connectivity index (χ1n) is 10.5. The van der Waals surface area contributed by atoms with Crippen molar-refractivity contribution in [2.24, 2.45) is 0 Å². The number of nitrogens with zero attached hydrogens (tertiary/aromatic N) is 3. The average molecular weight is 423 g/mol. The third kappa shape index (κ3) is 3.26. The van der Waals surface area contributed by atoms with Crippen LogP contribution < -0.4 is 4.90 Å². The van der Waals surface area contributed by atoms with E-state index in [0.29, 0.717) is 44.3 Å². The number of aromatic nitrogens is 1. The van der Waals surface area contributed by atoms with E-state index in [1.807, 2.05) is 13.0 Å². The zero-order chi connectivity index (χ0) is 21.8. The summed E-state index contributed by atoms with van der Waals surface area (Å²) < 4.78 is 33.8. The van der Waals surface area contributed by atoms with Crippen molar-refractivity contribution < 1.29 is 18.3 Å². The van der Waals surface area contributed by atoms with Gasteiger partial charge < -0.3 is 14.5 Å². The molecule has 0 unspecified atom stereocenters. The number of hydrogen-bond acceptors (Lipinski definition) is 4. The number of hydrogen-bond donors (Lipinski definition) is 0. The smallest absolute Gasteiger partial charge is 0.257 e. The fourth-order valence-electron chi connectivity index (χ4n) is 5.20. The molecule has 0 N–H and O–H groups in total. The van der Waals surface area contributed by atoms with Gasteiger partial charge in [0.05, 0.1) is 6.04 Å². The summed E-state index contributed by atoms with van der Waals surface area (Å²) in [7, 11) is 0. The number of benzene rings is 1. The van der Waals surface area contributed by atoms with E-state index >= 15 is 0 Å². The number of halogens is 2. The number of fused-ring (bicyclic) bond motifs is 1. The van der Waals surface area contributed by atoms with Crippen LogP contribution in [0.4, 0.5) is 14.6 Å². The summed E-state index contributed by atoms with van der Waals surface area (Å²) in [4.78, 5) is 21.8. The number of terminal acetylenes is 1. The fourth-order valence-corrected chi connectivity index (χ4v) is 5.20. The lowest BCUT2D eigenvalue weighted by Gasteiger charge is -2.38. The predicted octanol–water partition coefficient (Wildman–Crippen LogP) is 3.71. The third-order valence-corrected chi connectivity index (χ3v) is 6.68. The Hall–Kier alpha value is -2.98. The molecule has 31 heavy (non-hydrogen) atoms. The molecule has 2 aromatic rings. The van der Waals surface area contributed by atoms with Crippen LogP contribution in [-0.2, 0) is 9.53 Å². The molecule has 0 radical (unpaired) electrons. The Morgan fingerprint density at radius 2 is 1.87 bits per heavy atom. The Kier molecular flexibility index (Phi) is 4.71. The second kappa shape index (κ2) is 7.31. The second-order valence-electron chi connectivity index (χ2n) is 8.57. The summed E-state index contributed by atoms with van der Waals surface area (Å²) >= 11 is 0. The molecule has 1 aromatic heterocycles. The number of carbonyl (C=O) groups is 1. The molecule has 7 heteroatoms. The standard InChI is InChI=1S/C24H23F2N3O2/c1-3-16-10-15(2)22(27-14-16)28-8-6-24(7-9-28)23(30)29-20(4-5-21(29)31-24)17-11-18(25)13-19(26)12-17/h1,10-14,20-21H,4-9H2,2H3/t20-,21+/m0/s1. The molecule has 0 saturated carbocycles. The first kappa shape index (κ1) is 20.0. The molecule has 3 aliphatic heterocycles. The lowest BCUT2D eigenvalue weighted by Crippen LogP contribution is -2.50. The van der Waals surface area contributed by atoms with E-state index in [-0.39, 0.29) is 18.2 Å². The van der Waals surface area contributed by atoms with Gasteiger partial charge in [-0.3, -0.25) is 4.79 Å². The number of piperidine rings is 1. The Morgan fingerprint density at radius 3 is 2.52 bits per heavy atom. The second-order valence-corrected chi connectivity index (χ2v) is 8.57. The predicted molar refractivity (Wildman–Crippen MR) is 111 cm³/mol. The van der Waals surface area contributed by atoms with Gasteiger partial charge in [0.25, 0.3) is 5.91 Å². The minimum Gasteiger partial charge on any atom is -0.356 e. The highest BCUT2D eigenvalue weighted by Gasteiger charge is 2.58. The maximum absolute atomic E-state index is 13.8. The molecular weight excluding hydrogens is 400 g/mol. The van der Waals surface area contributed by atoms with Crippen molar-refractivity contribution in [3.8, 4) is 12.3 Å². The number of amides is 1. The molecule has 4 heterocycles. The van der Waals surface area contributed by atoms with Crippen LogP contribution in [-0.4, -0.2) is 40.7 Å². The van der Waals surface area contributed by atoms with Gasteiger partial charge in [-0.05, 0) is 49.1 Å². The van der Waals surface area contributed by atoms with Gasteiger partial charge >= 0.3 is 0 Å². The van der Waals surface area contributed by atoms with Crippen molar-refractivity contribution in [1.82, 2.24) is 9.88 Å². The summed E-state index contributed by atoms with van der Waals surface area (Å²) in [6.07, 6.45) is 9.17. The van der Waals surface area contributed by atoms with Crippen molar-refractivity contribution in [2.75, 3.05) is 18.0 Å². The lowest BCUT2D eigenvalue weighted by atomic mass is 9.89. The summed E-state index contributed by atoms with van der Waals surface area (Å²) in [5.74, 6) is 2.12. The molecule has 5 nitrogen and oxygen atoms in total. The number of anilines is 1. The van der Waals surface area contributed by atoms with Crippen LogP contribution in [0.2, 0.25) is 0 Å². The fraction of sp³-hybridized carbons (Fsp3) is 0.417. The van der Waals surface area contributed by atoms with Crippen molar-refractivity contribution in [1.29, 1.82) is 0 Å². The van der Waals surface area contributed by atoms with Gasteiger partial charge in [-0.2, -0.15) is 0 Å². The van der Waals surface area contributed by atoms with Crippen molar-refractivity contribution >= 4 is 11.7 Å². The molecule has 5 rings (SSSR count). The van der Waals surface area contributed by atoms with Gasteiger partial charge in [0, 0.05) is 43.8 Å². The van der Waals surface area contributed by atoms with E-state index in [1.165, 1.54) is 12.1 Å². The molecule has 1 amide bonds. The maximum atomic E-state index is 13.8. The first-order chi connectivity index (χ1) is 14.9. The molecule has 3 aliphatic rings. The van der Waals surface area contributed by atoms with E-state index in [4.69, 9.17) is 11.2 Å². The van der Waals surface area contributed by atoms with Gasteiger partial charge in [-0.15, -0.1) is 6.42 Å². The van der Waals surface area contributed by atoms with E-state index in [2.05, 4.69) is 15.8 Å². The molecular formula is C24H23F2N3O2. The maximum Gasteiger partial charge on any atom is 0.257 e. The first-order valence-corrected chi connectivity index (χ1v) is 10.5. The lowest BCUT2D eigenvalue weighted by molar-refractivity contribution is -0.140. The zero-order valence-electron chi connectivity index (χ0n) is 17.3. The topological polar surface area (TPSA) is 45.7 Å². The highest BCUT2D eigenvalue weighted by Crippen LogP contribution is 2.48. The van der Waals surface area contributed by atoms with Crippen LogP contribution in [0.5, 0.6) is 0 Å². The largest absolute Gasteiger partial charge is 0.356 e. The minimum absolute atomic E-state index is 0.0725. The third-order valence-electron chi connectivity index (χ3n) is 6.68. The van der Waals surface area contributed by atoms with Gasteiger partial charge in [0.2, 0.25) is 0 Å². The molecule has 0 aliphatic carbocycles. The van der Waals surface area contributed by atoms with Gasteiger partial charge in [0.15, 0.2) is 5.60 Å². The van der Waals surface area contributed by atoms with Gasteiger partial charge in [-0.25, -0.2) is 13.8 Å². The number of rotatable bonds is 2. The SMILES string of the molecule is C#Cc1cnc(N2CCC3(CC2)O[C@@H]2CC[C@@H](c4cc(F)cc(F)c4)N2C3=O)c(C)c1. The van der Waals surface area contributed by atoms with E-state index in [1.54, 1.807) is 11.1 Å². The Bertz CT molecular complexity index is 1070. The highest BCUT2D eigenvalue weighted by atomic mass is 19.1. The minimum atomic E-state index is -0.877. The van der Waals surface area contributed by atoms with Crippen LogP contribution >= 0.6 is 0 Å². The molecule has 3 fully saturated rings. The summed E-state index contributed by atoms with van der Waals surface area (Å²) in [6.45, 7) is 3.24. The van der Waals surface area contributed by atoms with Crippen LogP contribution in [0.3, 0.4) is 0 Å². The van der Waals surface area contributed by atoms with Gasteiger partial charge in [-0.1, -0.05) is 5.92 Å². The van der Waals surface area contributed by atoms with Crippen LogP contribution in [0.25, 0.3) is 0 Å². The van der Waals surface area contributed by atoms with E-state index < -0.39 is 17.2 Å². The molecule has 1 spiro atoms. The van der Waals surface area contributed by atoms with Crippen molar-refractivity contribution in [2.45, 2.75) is 50.5 Å². The number of carbonyl (C=O) groups excluding carboxylic acids is 1. The number of pyridine rings is 1. The molecule has 0 bridgehead atoms. The van der Waals surface area contributed by atoms with Crippen LogP contribution in [0, 0.1) is 30.9 Å². The normalized spacial score (nSPS) is 24.5. The van der Waals surface area contributed by atoms with Crippen molar-refractivity contribution in [3.05, 3.63) is 58.8 Å². The number of ether oxygens (including phenoxy) is 1.